The van der Waals surface area contributed by atoms with Gasteiger partial charge in [-0.05, 0) is 42.7 Å². The maximum atomic E-state index is 14.5. The number of sulfone groups is 1. The molecule has 0 spiro atoms. The van der Waals surface area contributed by atoms with E-state index < -0.39 is 32.9 Å². The Bertz CT molecular complexity index is 1120. The lowest BCUT2D eigenvalue weighted by atomic mass is 10.1. The number of benzene rings is 1. The first-order valence-electron chi connectivity index (χ1n) is 9.50. The number of rotatable bonds is 5. The van der Waals surface area contributed by atoms with Crippen molar-refractivity contribution in [3.05, 3.63) is 58.6 Å². The number of hydrogen-bond donors (Lipinski definition) is 2. The molecule has 0 radical (unpaired) electrons. The maximum absolute atomic E-state index is 14.5. The Labute approximate surface area is 178 Å². The number of anilines is 1. The van der Waals surface area contributed by atoms with Gasteiger partial charge in [0.1, 0.15) is 22.6 Å². The quantitative estimate of drug-likeness (QED) is 0.726. The van der Waals surface area contributed by atoms with Crippen molar-refractivity contribution in [2.24, 2.45) is 16.6 Å². The van der Waals surface area contributed by atoms with Gasteiger partial charge in [0, 0.05) is 17.4 Å². The predicted octanol–water partition coefficient (Wildman–Crippen LogP) is 3.12. The van der Waals surface area contributed by atoms with Gasteiger partial charge in [-0.15, -0.1) is 0 Å². The first-order chi connectivity index (χ1) is 14.2. The highest BCUT2D eigenvalue weighted by molar-refractivity contribution is 7.92. The lowest BCUT2D eigenvalue weighted by Gasteiger charge is -2.26. The maximum Gasteiger partial charge on any atom is 0.274 e. The van der Waals surface area contributed by atoms with E-state index in [2.05, 4.69) is 15.3 Å². The number of pyridine rings is 1. The van der Waals surface area contributed by atoms with Gasteiger partial charge in [0.25, 0.3) is 5.91 Å². The zero-order chi connectivity index (χ0) is 21.5. The predicted molar refractivity (Wildman–Crippen MR) is 113 cm³/mol. The number of nitrogens with two attached hydrogens (primary N) is 1. The molecular formula is C20H20ClFN4O3S. The monoisotopic (exact) mass is 450 g/mol. The molecule has 1 aliphatic heterocycles. The van der Waals surface area contributed by atoms with Gasteiger partial charge >= 0.3 is 0 Å². The molecule has 2 heterocycles. The van der Waals surface area contributed by atoms with Gasteiger partial charge in [-0.25, -0.2) is 17.8 Å². The van der Waals surface area contributed by atoms with Gasteiger partial charge in [-0.2, -0.15) is 0 Å². The number of carbonyl (C=O) groups is 1. The van der Waals surface area contributed by atoms with Crippen molar-refractivity contribution in [1.29, 1.82) is 0 Å². The molecule has 2 unspecified atom stereocenters. The summed E-state index contributed by atoms with van der Waals surface area (Å²) in [6.07, 6.45) is 3.81. The molecular weight excluding hydrogens is 431 g/mol. The normalized spacial score (nSPS) is 22.9. The third-order valence-electron chi connectivity index (χ3n) is 5.28. The standard InChI is InChI=1S/C20H20ClFN4O3S/c21-12-3-6-16(24-9-12)20(27)25-13-4-5-15(22)14(8-13)17-10-30(28,29)18(19(23)26-17)7-11-1-2-11/h3-6,8-9,11,17-18H,1-2,7,10H2,(H2,23,26)(H,25,27). The molecule has 4 rings (SSSR count). The van der Waals surface area contributed by atoms with E-state index in [0.29, 0.717) is 23.0 Å². The van der Waals surface area contributed by atoms with E-state index in [4.69, 9.17) is 17.3 Å². The summed E-state index contributed by atoms with van der Waals surface area (Å²) in [5, 5.41) is 2.21. The van der Waals surface area contributed by atoms with Gasteiger partial charge in [0.2, 0.25) is 0 Å². The minimum Gasteiger partial charge on any atom is -0.386 e. The molecule has 1 fully saturated rings. The molecule has 2 aliphatic rings. The van der Waals surface area contributed by atoms with Gasteiger partial charge in [-0.1, -0.05) is 24.4 Å². The van der Waals surface area contributed by atoms with Crippen molar-refractivity contribution in [1.82, 2.24) is 4.98 Å². The molecule has 2 atom stereocenters. The van der Waals surface area contributed by atoms with Gasteiger partial charge in [0.15, 0.2) is 9.84 Å². The van der Waals surface area contributed by atoms with Gasteiger partial charge in [0.05, 0.1) is 16.8 Å². The van der Waals surface area contributed by atoms with E-state index in [0.717, 1.165) is 18.9 Å². The first-order valence-corrected chi connectivity index (χ1v) is 11.6. The van der Waals surface area contributed by atoms with Crippen molar-refractivity contribution in [3.8, 4) is 0 Å². The fraction of sp³-hybridized carbons (Fsp3) is 0.350. The molecule has 7 nitrogen and oxygen atoms in total. The van der Waals surface area contributed by atoms with Crippen LogP contribution in [-0.4, -0.2) is 36.1 Å². The summed E-state index contributed by atoms with van der Waals surface area (Å²) in [5.41, 5.74) is 6.46. The highest BCUT2D eigenvalue weighted by Gasteiger charge is 2.40. The van der Waals surface area contributed by atoms with Crippen LogP contribution in [-0.2, 0) is 9.84 Å². The minimum absolute atomic E-state index is 0.0253. The number of nitrogens with one attached hydrogen (secondary N) is 1. The molecule has 1 aliphatic carbocycles. The highest BCUT2D eigenvalue weighted by atomic mass is 35.5. The number of amides is 1. The largest absolute Gasteiger partial charge is 0.386 e. The number of carbonyl (C=O) groups excluding carboxylic acids is 1. The third-order valence-corrected chi connectivity index (χ3v) is 7.58. The van der Waals surface area contributed by atoms with Crippen LogP contribution in [0, 0.1) is 11.7 Å². The minimum atomic E-state index is -3.56. The lowest BCUT2D eigenvalue weighted by Crippen LogP contribution is -2.43. The molecule has 1 aromatic heterocycles. The number of hydrogen-bond acceptors (Lipinski definition) is 6. The Morgan fingerprint density at radius 3 is 2.67 bits per heavy atom. The fourth-order valence-corrected chi connectivity index (χ4v) is 5.52. The van der Waals surface area contributed by atoms with Crippen LogP contribution in [0.2, 0.25) is 5.02 Å². The molecule has 2 aromatic rings. The lowest BCUT2D eigenvalue weighted by molar-refractivity contribution is 0.102. The SMILES string of the molecule is NC1=NC(c2cc(NC(=O)c3ccc(Cl)cn3)ccc2F)CS(=O)(=O)C1CC1CC1. The molecule has 0 bridgehead atoms. The number of aliphatic imine (C=N–C) groups is 1. The van der Waals surface area contributed by atoms with Crippen LogP contribution < -0.4 is 11.1 Å². The summed E-state index contributed by atoms with van der Waals surface area (Å²) >= 11 is 5.77. The summed E-state index contributed by atoms with van der Waals surface area (Å²) in [6, 6.07) is 5.95. The van der Waals surface area contributed by atoms with Crippen molar-refractivity contribution in [3.63, 3.8) is 0 Å². The second-order valence-corrected chi connectivity index (χ2v) is 10.3. The van der Waals surface area contributed by atoms with E-state index in [-0.39, 0.29) is 22.8 Å². The van der Waals surface area contributed by atoms with Crippen LogP contribution >= 0.6 is 11.6 Å². The van der Waals surface area contributed by atoms with Crippen molar-refractivity contribution in [2.75, 3.05) is 11.1 Å². The Morgan fingerprint density at radius 2 is 2.03 bits per heavy atom. The van der Waals surface area contributed by atoms with Gasteiger partial charge < -0.3 is 11.1 Å². The van der Waals surface area contributed by atoms with Crippen LogP contribution in [0.3, 0.4) is 0 Å². The van der Waals surface area contributed by atoms with Crippen LogP contribution in [0.1, 0.15) is 41.4 Å². The second kappa shape index (κ2) is 7.96. The van der Waals surface area contributed by atoms with Crippen molar-refractivity contribution >= 4 is 38.9 Å². The zero-order valence-electron chi connectivity index (χ0n) is 15.9. The smallest absolute Gasteiger partial charge is 0.274 e. The molecule has 1 saturated carbocycles. The average molecular weight is 451 g/mol. The molecule has 3 N–H and O–H groups in total. The summed E-state index contributed by atoms with van der Waals surface area (Å²) in [7, 11) is -3.56. The molecule has 1 amide bonds. The Hall–Kier alpha value is -2.52. The van der Waals surface area contributed by atoms with E-state index in [9.17, 15) is 17.6 Å². The summed E-state index contributed by atoms with van der Waals surface area (Å²) in [6.45, 7) is 0. The number of nitrogens with zero attached hydrogens (tertiary/aromatic N) is 2. The Morgan fingerprint density at radius 1 is 1.27 bits per heavy atom. The Balaban J connectivity index is 1.58. The van der Waals surface area contributed by atoms with Crippen LogP contribution in [0.4, 0.5) is 10.1 Å². The van der Waals surface area contributed by atoms with Crippen LogP contribution in [0.25, 0.3) is 0 Å². The molecule has 0 saturated heterocycles. The topological polar surface area (TPSA) is 115 Å². The number of halogens is 2. The van der Waals surface area contributed by atoms with E-state index in [1.165, 1.54) is 30.5 Å². The van der Waals surface area contributed by atoms with Crippen LogP contribution in [0.5, 0.6) is 0 Å². The molecule has 158 valence electrons. The van der Waals surface area contributed by atoms with Crippen molar-refractivity contribution in [2.45, 2.75) is 30.6 Å². The second-order valence-electron chi connectivity index (χ2n) is 7.62. The Kier molecular flexibility index (Phi) is 5.50. The molecule has 30 heavy (non-hydrogen) atoms. The third kappa shape index (κ3) is 4.46. The first kappa shape index (κ1) is 20.7. The van der Waals surface area contributed by atoms with E-state index in [1.54, 1.807) is 0 Å². The fourth-order valence-electron chi connectivity index (χ4n) is 3.49. The molecule has 1 aromatic carbocycles. The number of aromatic nitrogens is 1. The number of amidine groups is 1. The zero-order valence-corrected chi connectivity index (χ0v) is 17.5. The summed E-state index contributed by atoms with van der Waals surface area (Å²) < 4.78 is 40.0. The van der Waals surface area contributed by atoms with Gasteiger partial charge in [-0.3, -0.25) is 9.79 Å². The summed E-state index contributed by atoms with van der Waals surface area (Å²) in [4.78, 5) is 20.6. The van der Waals surface area contributed by atoms with E-state index >= 15 is 0 Å². The molecule has 10 heteroatoms. The average Bonchev–Trinajstić information content (AvgIpc) is 3.50. The summed E-state index contributed by atoms with van der Waals surface area (Å²) in [5.74, 6) is -1.05. The highest BCUT2D eigenvalue weighted by Crippen LogP contribution is 2.38. The van der Waals surface area contributed by atoms with Crippen molar-refractivity contribution < 1.29 is 17.6 Å². The van der Waals surface area contributed by atoms with E-state index in [1.807, 2.05) is 0 Å². The van der Waals surface area contributed by atoms with Crippen LogP contribution in [0.15, 0.2) is 41.5 Å².